The molecule has 1 aliphatic carbocycles. The van der Waals surface area contributed by atoms with Gasteiger partial charge in [-0.2, -0.15) is 5.10 Å². The van der Waals surface area contributed by atoms with Crippen molar-refractivity contribution in [2.75, 3.05) is 11.1 Å². The maximum atomic E-state index is 11.8. The van der Waals surface area contributed by atoms with E-state index in [-0.39, 0.29) is 5.24 Å². The van der Waals surface area contributed by atoms with Gasteiger partial charge in [0.15, 0.2) is 5.13 Å². The molecule has 2 aromatic heterocycles. The van der Waals surface area contributed by atoms with Crippen LogP contribution in [-0.2, 0) is 12.8 Å². The Balaban J connectivity index is 1.74. The molecule has 122 valence electrons. The molecule has 4 rings (SSSR count). The summed E-state index contributed by atoms with van der Waals surface area (Å²) in [7, 11) is 0. The van der Waals surface area contributed by atoms with Crippen molar-refractivity contribution in [3.63, 3.8) is 0 Å². The van der Waals surface area contributed by atoms with Crippen LogP contribution in [0.2, 0.25) is 0 Å². The molecule has 0 aliphatic heterocycles. The van der Waals surface area contributed by atoms with Crippen LogP contribution >= 0.6 is 23.1 Å². The number of rotatable bonds is 3. The van der Waals surface area contributed by atoms with E-state index in [0.29, 0.717) is 5.13 Å². The number of hydrogen-bond donors (Lipinski definition) is 1. The Hall–Kier alpha value is -2.12. The minimum Gasteiger partial charge on any atom is -0.293 e. The van der Waals surface area contributed by atoms with Crippen LogP contribution in [0.15, 0.2) is 36.5 Å². The molecule has 1 amide bonds. The molecule has 0 spiro atoms. The zero-order chi connectivity index (χ0) is 16.5. The molecular weight excluding hydrogens is 340 g/mol. The molecular formula is C17H16N4OS2. The molecule has 0 saturated heterocycles. The SMILES string of the molecule is CCSC(=O)Nc1nc2c(s1)-c1c(cnn1-c1ccccc1)CC2. The molecule has 24 heavy (non-hydrogen) atoms. The van der Waals surface area contributed by atoms with Gasteiger partial charge in [0.05, 0.1) is 28.1 Å². The molecule has 0 bridgehead atoms. The molecule has 0 saturated carbocycles. The molecule has 0 atom stereocenters. The second-order valence-corrected chi connectivity index (χ2v) is 7.64. The Kier molecular flexibility index (Phi) is 4.12. The first kappa shape index (κ1) is 15.4. The normalized spacial score (nSPS) is 12.5. The third-order valence-corrected chi connectivity index (χ3v) is 5.55. The summed E-state index contributed by atoms with van der Waals surface area (Å²) in [6, 6.07) is 10.1. The van der Waals surface area contributed by atoms with Gasteiger partial charge in [-0.25, -0.2) is 9.67 Å². The number of carbonyl (C=O) groups excluding carboxylic acids is 1. The van der Waals surface area contributed by atoms with Crippen LogP contribution < -0.4 is 5.32 Å². The topological polar surface area (TPSA) is 59.8 Å². The second kappa shape index (κ2) is 6.41. The number of amides is 1. The number of nitrogens with one attached hydrogen (secondary N) is 1. The van der Waals surface area contributed by atoms with E-state index in [2.05, 4.69) is 15.4 Å². The molecule has 0 unspecified atom stereocenters. The first-order valence-electron chi connectivity index (χ1n) is 7.82. The van der Waals surface area contributed by atoms with Crippen LogP contribution in [0.4, 0.5) is 9.93 Å². The second-order valence-electron chi connectivity index (χ2n) is 5.41. The first-order chi connectivity index (χ1) is 11.8. The van der Waals surface area contributed by atoms with Crippen LogP contribution in [0.25, 0.3) is 16.3 Å². The molecule has 1 aromatic carbocycles. The Morgan fingerprint density at radius 2 is 2.17 bits per heavy atom. The number of thioether (sulfide) groups is 1. The fourth-order valence-corrected chi connectivity index (χ4v) is 4.41. The van der Waals surface area contributed by atoms with Crippen LogP contribution in [0, 0.1) is 0 Å². The molecule has 0 fully saturated rings. The lowest BCUT2D eigenvalue weighted by Gasteiger charge is -2.13. The minimum absolute atomic E-state index is 0.0552. The van der Waals surface area contributed by atoms with Gasteiger partial charge in [0.2, 0.25) is 0 Å². The third kappa shape index (κ3) is 2.74. The van der Waals surface area contributed by atoms with Crippen molar-refractivity contribution in [2.24, 2.45) is 0 Å². The summed E-state index contributed by atoms with van der Waals surface area (Å²) in [4.78, 5) is 17.5. The Bertz CT molecular complexity index is 885. The third-order valence-electron chi connectivity index (χ3n) is 3.87. The van der Waals surface area contributed by atoms with Crippen LogP contribution in [0.1, 0.15) is 18.2 Å². The van der Waals surface area contributed by atoms with Gasteiger partial charge in [0.25, 0.3) is 5.24 Å². The lowest BCUT2D eigenvalue weighted by Crippen LogP contribution is -2.06. The van der Waals surface area contributed by atoms with Crippen molar-refractivity contribution < 1.29 is 4.79 Å². The molecule has 7 heteroatoms. The lowest BCUT2D eigenvalue weighted by atomic mass is 10.0. The predicted molar refractivity (Wildman–Crippen MR) is 99.2 cm³/mol. The number of fused-ring (bicyclic) bond motifs is 3. The van der Waals surface area contributed by atoms with E-state index in [1.54, 1.807) is 0 Å². The van der Waals surface area contributed by atoms with Gasteiger partial charge in [-0.05, 0) is 36.3 Å². The van der Waals surface area contributed by atoms with Gasteiger partial charge in [-0.1, -0.05) is 48.2 Å². The molecule has 3 aromatic rings. The highest BCUT2D eigenvalue weighted by atomic mass is 32.2. The van der Waals surface area contributed by atoms with Gasteiger partial charge < -0.3 is 0 Å². The van der Waals surface area contributed by atoms with E-state index in [1.807, 2.05) is 48.1 Å². The van der Waals surface area contributed by atoms with E-state index in [0.717, 1.165) is 40.5 Å². The number of carbonyl (C=O) groups is 1. The fourth-order valence-electron chi connectivity index (χ4n) is 2.84. The van der Waals surface area contributed by atoms with Crippen molar-refractivity contribution in [2.45, 2.75) is 19.8 Å². The van der Waals surface area contributed by atoms with Crippen molar-refractivity contribution >= 4 is 33.5 Å². The molecule has 1 N–H and O–H groups in total. The highest BCUT2D eigenvalue weighted by Crippen LogP contribution is 2.40. The summed E-state index contributed by atoms with van der Waals surface area (Å²) >= 11 is 2.79. The zero-order valence-electron chi connectivity index (χ0n) is 13.2. The van der Waals surface area contributed by atoms with E-state index >= 15 is 0 Å². The van der Waals surface area contributed by atoms with Crippen molar-refractivity contribution in [3.8, 4) is 16.3 Å². The highest BCUT2D eigenvalue weighted by molar-refractivity contribution is 8.13. The number of thiazole rings is 1. The number of benzene rings is 1. The van der Waals surface area contributed by atoms with Gasteiger partial charge in [-0.3, -0.25) is 10.1 Å². The van der Waals surface area contributed by atoms with E-state index in [1.165, 1.54) is 28.7 Å². The first-order valence-corrected chi connectivity index (χ1v) is 9.62. The summed E-state index contributed by atoms with van der Waals surface area (Å²) in [6.45, 7) is 1.96. The van der Waals surface area contributed by atoms with Crippen LogP contribution in [0.5, 0.6) is 0 Å². The van der Waals surface area contributed by atoms with E-state index in [9.17, 15) is 4.79 Å². The number of nitrogens with zero attached hydrogens (tertiary/aromatic N) is 3. The fraction of sp³-hybridized carbons (Fsp3) is 0.235. The number of aromatic nitrogens is 3. The summed E-state index contributed by atoms with van der Waals surface area (Å²) < 4.78 is 1.97. The molecule has 2 heterocycles. The van der Waals surface area contributed by atoms with Crippen molar-refractivity contribution in [3.05, 3.63) is 47.8 Å². The quantitative estimate of drug-likeness (QED) is 0.756. The smallest absolute Gasteiger partial charge is 0.285 e. The van der Waals surface area contributed by atoms with Crippen molar-refractivity contribution in [1.82, 2.24) is 14.8 Å². The molecule has 0 radical (unpaired) electrons. The van der Waals surface area contributed by atoms with Crippen molar-refractivity contribution in [1.29, 1.82) is 0 Å². The molecule has 1 aliphatic rings. The predicted octanol–water partition coefficient (Wildman–Crippen LogP) is 4.38. The van der Waals surface area contributed by atoms with Gasteiger partial charge in [0, 0.05) is 0 Å². The average molecular weight is 356 g/mol. The Morgan fingerprint density at radius 3 is 2.96 bits per heavy atom. The lowest BCUT2D eigenvalue weighted by molar-refractivity contribution is 0.270. The number of aryl methyl sites for hydroxylation is 2. The maximum absolute atomic E-state index is 11.8. The Labute approximate surface area is 148 Å². The zero-order valence-corrected chi connectivity index (χ0v) is 14.8. The van der Waals surface area contributed by atoms with Crippen LogP contribution in [-0.4, -0.2) is 25.8 Å². The van der Waals surface area contributed by atoms with Crippen LogP contribution in [0.3, 0.4) is 0 Å². The standard InChI is InChI=1S/C17H16N4OS2/c1-2-23-17(22)20-16-19-13-9-8-11-10-18-21(14(11)15(13)24-16)12-6-4-3-5-7-12/h3-7,10H,2,8-9H2,1H3,(H,19,20,22). The summed E-state index contributed by atoms with van der Waals surface area (Å²) in [5, 5.41) is 8.07. The summed E-state index contributed by atoms with van der Waals surface area (Å²) in [6.07, 6.45) is 3.75. The monoisotopic (exact) mass is 356 g/mol. The van der Waals surface area contributed by atoms with Gasteiger partial charge in [-0.15, -0.1) is 0 Å². The summed E-state index contributed by atoms with van der Waals surface area (Å²) in [5.74, 6) is 0.752. The average Bonchev–Trinajstić information content (AvgIpc) is 3.18. The maximum Gasteiger partial charge on any atom is 0.285 e. The number of para-hydroxylation sites is 1. The van der Waals surface area contributed by atoms with E-state index in [4.69, 9.17) is 0 Å². The van der Waals surface area contributed by atoms with E-state index < -0.39 is 0 Å². The van der Waals surface area contributed by atoms with Gasteiger partial charge >= 0.3 is 0 Å². The van der Waals surface area contributed by atoms with Gasteiger partial charge in [0.1, 0.15) is 0 Å². The number of hydrogen-bond acceptors (Lipinski definition) is 5. The number of anilines is 1. The highest BCUT2D eigenvalue weighted by Gasteiger charge is 2.26. The molecule has 5 nitrogen and oxygen atoms in total. The largest absolute Gasteiger partial charge is 0.293 e. The Morgan fingerprint density at radius 1 is 1.33 bits per heavy atom. The summed E-state index contributed by atoms with van der Waals surface area (Å²) in [5.41, 5.74) is 4.41. The minimum atomic E-state index is -0.0552.